The maximum absolute atomic E-state index is 13.0. The Kier molecular flexibility index (Phi) is 9.24. The summed E-state index contributed by atoms with van der Waals surface area (Å²) in [5.74, 6) is 0.874. The number of hydrogen-bond acceptors (Lipinski definition) is 4. The van der Waals surface area contributed by atoms with Crippen molar-refractivity contribution >= 4 is 34.4 Å². The number of nitrogens with one attached hydrogen (secondary N) is 1. The van der Waals surface area contributed by atoms with Gasteiger partial charge in [-0.25, -0.2) is 0 Å². The Hall–Kier alpha value is -2.29. The molecule has 0 spiro atoms. The van der Waals surface area contributed by atoms with Crippen LogP contribution in [0.4, 0.5) is 0 Å². The molecule has 0 heterocycles. The molecule has 2 aromatic rings. The zero-order valence-electron chi connectivity index (χ0n) is 17.0. The molecule has 1 atom stereocenters. The van der Waals surface area contributed by atoms with Crippen LogP contribution in [0.1, 0.15) is 25.8 Å². The maximum Gasteiger partial charge on any atom is 0.261 e. The molecule has 0 aliphatic heterocycles. The minimum absolute atomic E-state index is 0.143. The molecule has 0 aliphatic rings. The lowest BCUT2D eigenvalue weighted by atomic mass is 10.1. The summed E-state index contributed by atoms with van der Waals surface area (Å²) in [7, 11) is 1.59. The fraction of sp³-hybridized carbons (Fsp3) is 0.364. The zero-order valence-corrected chi connectivity index (χ0v) is 19.1. The van der Waals surface area contributed by atoms with Crippen LogP contribution in [-0.2, 0) is 16.1 Å². The summed E-state index contributed by atoms with van der Waals surface area (Å²) in [4.78, 5) is 27.0. The molecule has 29 heavy (non-hydrogen) atoms. The number of methoxy groups -OCH3 is 1. The average molecular weight is 510 g/mol. The standard InChI is InChI=1S/C22H27IN2O4/c1-4-12-24-22(27)16(2)25(14-17-6-5-7-20(13-17)28-3)21(26)15-29-19-10-8-18(23)9-11-19/h5-11,13,16H,4,12,14-15H2,1-3H3,(H,24,27)/t16-/m0/s1. The molecule has 2 amide bonds. The van der Waals surface area contributed by atoms with E-state index in [2.05, 4.69) is 27.9 Å². The van der Waals surface area contributed by atoms with Gasteiger partial charge in [0.05, 0.1) is 7.11 Å². The fourth-order valence-electron chi connectivity index (χ4n) is 2.70. The summed E-state index contributed by atoms with van der Waals surface area (Å²) in [6.07, 6.45) is 0.832. The van der Waals surface area contributed by atoms with Crippen LogP contribution in [-0.4, -0.2) is 43.0 Å². The first-order valence-corrected chi connectivity index (χ1v) is 10.6. The largest absolute Gasteiger partial charge is 0.497 e. The number of carbonyl (C=O) groups is 2. The Labute approximate surface area is 185 Å². The number of amides is 2. The summed E-state index contributed by atoms with van der Waals surface area (Å²) in [6, 6.07) is 14.3. The molecule has 0 aromatic heterocycles. The van der Waals surface area contributed by atoms with Crippen molar-refractivity contribution in [3.63, 3.8) is 0 Å². The Bertz CT molecular complexity index is 811. The van der Waals surface area contributed by atoms with Crippen molar-refractivity contribution in [3.05, 3.63) is 57.7 Å². The molecule has 7 heteroatoms. The molecule has 2 rings (SSSR count). The van der Waals surface area contributed by atoms with Crippen molar-refractivity contribution in [1.29, 1.82) is 0 Å². The van der Waals surface area contributed by atoms with Gasteiger partial charge in [0.2, 0.25) is 5.91 Å². The smallest absolute Gasteiger partial charge is 0.261 e. The molecule has 0 radical (unpaired) electrons. The summed E-state index contributed by atoms with van der Waals surface area (Å²) < 4.78 is 12.0. The van der Waals surface area contributed by atoms with Gasteiger partial charge in [0.1, 0.15) is 17.5 Å². The molecular formula is C22H27IN2O4. The predicted octanol–water partition coefficient (Wildman–Crippen LogP) is 3.62. The van der Waals surface area contributed by atoms with Gasteiger partial charge < -0.3 is 19.7 Å². The Morgan fingerprint density at radius 1 is 1.14 bits per heavy atom. The van der Waals surface area contributed by atoms with Gasteiger partial charge in [-0.2, -0.15) is 0 Å². The van der Waals surface area contributed by atoms with Crippen molar-refractivity contribution in [3.8, 4) is 11.5 Å². The minimum Gasteiger partial charge on any atom is -0.497 e. The van der Waals surface area contributed by atoms with Gasteiger partial charge >= 0.3 is 0 Å². The second-order valence-electron chi connectivity index (χ2n) is 6.58. The van der Waals surface area contributed by atoms with E-state index >= 15 is 0 Å². The van der Waals surface area contributed by atoms with Crippen LogP contribution in [0.15, 0.2) is 48.5 Å². The van der Waals surface area contributed by atoms with E-state index in [1.807, 2.05) is 55.5 Å². The van der Waals surface area contributed by atoms with Gasteiger partial charge in [0.25, 0.3) is 5.91 Å². The summed E-state index contributed by atoms with van der Waals surface area (Å²) in [6.45, 7) is 4.43. The molecule has 0 unspecified atom stereocenters. The molecule has 0 saturated carbocycles. The van der Waals surface area contributed by atoms with Crippen LogP contribution < -0.4 is 14.8 Å². The van der Waals surface area contributed by atoms with Crippen molar-refractivity contribution in [1.82, 2.24) is 10.2 Å². The molecular weight excluding hydrogens is 483 g/mol. The van der Waals surface area contributed by atoms with Crippen LogP contribution in [0.5, 0.6) is 11.5 Å². The number of carbonyl (C=O) groups excluding carboxylic acids is 2. The van der Waals surface area contributed by atoms with Gasteiger partial charge in [-0.3, -0.25) is 9.59 Å². The van der Waals surface area contributed by atoms with Crippen molar-refractivity contribution in [2.45, 2.75) is 32.9 Å². The topological polar surface area (TPSA) is 67.9 Å². The highest BCUT2D eigenvalue weighted by molar-refractivity contribution is 14.1. The molecule has 1 N–H and O–H groups in total. The van der Waals surface area contributed by atoms with Crippen molar-refractivity contribution in [2.24, 2.45) is 0 Å². The highest BCUT2D eigenvalue weighted by atomic mass is 127. The third kappa shape index (κ3) is 7.23. The normalized spacial score (nSPS) is 11.4. The maximum atomic E-state index is 13.0. The van der Waals surface area contributed by atoms with Crippen LogP contribution in [0, 0.1) is 3.57 Å². The molecule has 6 nitrogen and oxygen atoms in total. The van der Waals surface area contributed by atoms with E-state index in [0.717, 1.165) is 15.6 Å². The first-order chi connectivity index (χ1) is 13.9. The highest BCUT2D eigenvalue weighted by Crippen LogP contribution is 2.17. The van der Waals surface area contributed by atoms with Gasteiger partial charge in [-0.1, -0.05) is 19.1 Å². The van der Waals surface area contributed by atoms with E-state index in [1.54, 1.807) is 14.0 Å². The summed E-state index contributed by atoms with van der Waals surface area (Å²) >= 11 is 2.21. The van der Waals surface area contributed by atoms with Gasteiger partial charge in [0.15, 0.2) is 6.61 Å². The monoisotopic (exact) mass is 510 g/mol. The first-order valence-electron chi connectivity index (χ1n) is 9.53. The second kappa shape index (κ2) is 11.6. The lowest BCUT2D eigenvalue weighted by Crippen LogP contribution is -2.49. The van der Waals surface area contributed by atoms with E-state index in [1.165, 1.54) is 4.90 Å². The molecule has 156 valence electrons. The lowest BCUT2D eigenvalue weighted by molar-refractivity contribution is -0.142. The first kappa shape index (κ1) is 23.0. The molecule has 0 saturated heterocycles. The van der Waals surface area contributed by atoms with E-state index < -0.39 is 6.04 Å². The number of nitrogens with zero attached hydrogens (tertiary/aromatic N) is 1. The number of rotatable bonds is 10. The minimum atomic E-state index is -0.624. The van der Waals surface area contributed by atoms with Gasteiger partial charge in [-0.15, -0.1) is 0 Å². The molecule has 2 aromatic carbocycles. The fourth-order valence-corrected chi connectivity index (χ4v) is 3.06. The molecule has 0 bridgehead atoms. The number of ether oxygens (including phenoxy) is 2. The lowest BCUT2D eigenvalue weighted by Gasteiger charge is -2.28. The van der Waals surface area contributed by atoms with Crippen LogP contribution in [0.2, 0.25) is 0 Å². The number of benzene rings is 2. The molecule has 0 fully saturated rings. The molecule has 0 aliphatic carbocycles. The highest BCUT2D eigenvalue weighted by Gasteiger charge is 2.26. The third-order valence-corrected chi connectivity index (χ3v) is 5.10. The van der Waals surface area contributed by atoms with E-state index in [0.29, 0.717) is 18.0 Å². The Balaban J connectivity index is 2.14. The van der Waals surface area contributed by atoms with Crippen LogP contribution >= 0.6 is 22.6 Å². The van der Waals surface area contributed by atoms with Crippen LogP contribution in [0.3, 0.4) is 0 Å². The number of halogens is 1. The Morgan fingerprint density at radius 3 is 2.52 bits per heavy atom. The third-order valence-electron chi connectivity index (χ3n) is 4.38. The average Bonchev–Trinajstić information content (AvgIpc) is 2.74. The van der Waals surface area contributed by atoms with Crippen LogP contribution in [0.25, 0.3) is 0 Å². The van der Waals surface area contributed by atoms with Crippen molar-refractivity contribution in [2.75, 3.05) is 20.3 Å². The summed E-state index contributed by atoms with van der Waals surface area (Å²) in [5, 5.41) is 2.86. The van der Waals surface area contributed by atoms with Gasteiger partial charge in [0, 0.05) is 16.7 Å². The van der Waals surface area contributed by atoms with Gasteiger partial charge in [-0.05, 0) is 77.9 Å². The Morgan fingerprint density at radius 2 is 1.86 bits per heavy atom. The van der Waals surface area contributed by atoms with E-state index in [9.17, 15) is 9.59 Å². The van der Waals surface area contributed by atoms with E-state index in [-0.39, 0.29) is 25.0 Å². The number of hydrogen-bond donors (Lipinski definition) is 1. The second-order valence-corrected chi connectivity index (χ2v) is 7.83. The van der Waals surface area contributed by atoms with E-state index in [4.69, 9.17) is 9.47 Å². The summed E-state index contributed by atoms with van der Waals surface area (Å²) in [5.41, 5.74) is 0.877. The van der Waals surface area contributed by atoms with Crippen molar-refractivity contribution < 1.29 is 19.1 Å². The zero-order chi connectivity index (χ0) is 21.2. The predicted molar refractivity (Wildman–Crippen MR) is 121 cm³/mol. The quantitative estimate of drug-likeness (QED) is 0.496. The SMILES string of the molecule is CCCNC(=O)[C@H](C)N(Cc1cccc(OC)c1)C(=O)COc1ccc(I)cc1.